The van der Waals surface area contributed by atoms with Gasteiger partial charge in [0.05, 0.1) is 28.5 Å². The molecule has 0 bridgehead atoms. The largest absolute Gasteiger partial charge is 0.382 e. The Morgan fingerprint density at radius 3 is 2.61 bits per heavy atom. The fraction of sp³-hybridized carbons (Fsp3) is 0.179. The van der Waals surface area contributed by atoms with Crippen LogP contribution in [0.1, 0.15) is 19.4 Å². The molecule has 0 unspecified atom stereocenters. The third kappa shape index (κ3) is 5.62. The van der Waals surface area contributed by atoms with Gasteiger partial charge in [-0.15, -0.1) is 0 Å². The first kappa shape index (κ1) is 26.5. The van der Waals surface area contributed by atoms with Crippen LogP contribution >= 0.6 is 0 Å². The molecule has 0 aliphatic rings. The molecule has 0 saturated heterocycles. The lowest BCUT2D eigenvalue weighted by Crippen LogP contribution is -2.21. The number of fused-ring (bicyclic) bond motifs is 2. The molecule has 0 amide bonds. The van der Waals surface area contributed by atoms with Gasteiger partial charge in [-0.1, -0.05) is 0 Å². The number of rotatable bonds is 8. The van der Waals surface area contributed by atoms with Crippen LogP contribution in [0.4, 0.5) is 10.1 Å². The molecule has 6 rings (SSSR count). The molecule has 0 fully saturated rings. The van der Waals surface area contributed by atoms with Gasteiger partial charge in [-0.3, -0.25) is 15.1 Å². The molecule has 6 aromatic rings. The number of aromatic amines is 2. The second-order valence-electron chi connectivity index (χ2n) is 10.0. The van der Waals surface area contributed by atoms with E-state index in [1.165, 1.54) is 12.1 Å². The van der Waals surface area contributed by atoms with E-state index in [0.717, 1.165) is 28.5 Å². The van der Waals surface area contributed by atoms with E-state index >= 15 is 0 Å². The van der Waals surface area contributed by atoms with Crippen LogP contribution in [-0.4, -0.2) is 55.8 Å². The Morgan fingerprint density at radius 1 is 0.976 bits per heavy atom. The van der Waals surface area contributed by atoms with E-state index in [-0.39, 0.29) is 12.6 Å². The summed E-state index contributed by atoms with van der Waals surface area (Å²) in [5.41, 5.74) is 6.43. The van der Waals surface area contributed by atoms with Crippen molar-refractivity contribution < 1.29 is 12.8 Å². The van der Waals surface area contributed by atoms with Crippen molar-refractivity contribution in [3.63, 3.8) is 0 Å². The monoisotopic (exact) mass is 571 g/mol. The van der Waals surface area contributed by atoms with Gasteiger partial charge in [0, 0.05) is 54.1 Å². The highest BCUT2D eigenvalue weighted by molar-refractivity contribution is 7.88. The lowest BCUT2D eigenvalue weighted by Gasteiger charge is -2.10. The SMILES string of the molecule is CC(C)Nc1cncc(-c2cnc3[nH]nc(-c4nc5c(-c6cc(F)cc(CNS(C)(=O)=O)c6)nccc5[nH]4)c3c2)c1. The molecule has 13 heteroatoms. The summed E-state index contributed by atoms with van der Waals surface area (Å²) in [7, 11) is -3.44. The number of H-pyrrole nitrogens is 2. The number of hydrogen-bond donors (Lipinski definition) is 4. The Kier molecular flexibility index (Phi) is 6.67. The van der Waals surface area contributed by atoms with Gasteiger partial charge >= 0.3 is 0 Å². The van der Waals surface area contributed by atoms with Crippen LogP contribution in [0, 0.1) is 5.82 Å². The summed E-state index contributed by atoms with van der Waals surface area (Å²) in [5.74, 6) is -0.0235. The van der Waals surface area contributed by atoms with Crippen LogP contribution in [0.3, 0.4) is 0 Å². The van der Waals surface area contributed by atoms with Crippen molar-refractivity contribution in [3.8, 4) is 33.9 Å². The predicted octanol–water partition coefficient (Wildman–Crippen LogP) is 4.63. The third-order valence-electron chi connectivity index (χ3n) is 6.34. The zero-order valence-electron chi connectivity index (χ0n) is 22.4. The van der Waals surface area contributed by atoms with Crippen LogP contribution in [0.5, 0.6) is 0 Å². The van der Waals surface area contributed by atoms with Gasteiger partial charge < -0.3 is 10.3 Å². The molecule has 0 spiro atoms. The first-order valence-electron chi connectivity index (χ1n) is 12.8. The second-order valence-corrected chi connectivity index (χ2v) is 11.9. The van der Waals surface area contributed by atoms with E-state index in [2.05, 4.69) is 54.0 Å². The van der Waals surface area contributed by atoms with Gasteiger partial charge in [0.2, 0.25) is 10.0 Å². The highest BCUT2D eigenvalue weighted by atomic mass is 32.2. The minimum absolute atomic E-state index is 0.0497. The molecule has 5 aromatic heterocycles. The number of imidazole rings is 1. The standard InChI is InChI=1S/C28H26FN9O2S/c1-15(2)34-21-9-18(12-30-14-21)19-10-22-25(37-38-27(22)32-13-19)28-35-23-4-5-31-24(26(23)36-28)17-6-16(7-20(29)8-17)11-33-41(3,39)40/h4-10,12-15,33-34H,11H2,1-3H3,(H,35,36)(H,32,37,38). The molecular formula is C28H26FN9O2S. The van der Waals surface area contributed by atoms with Crippen molar-refractivity contribution in [2.24, 2.45) is 0 Å². The molecule has 0 aliphatic carbocycles. The summed E-state index contributed by atoms with van der Waals surface area (Å²) >= 11 is 0. The van der Waals surface area contributed by atoms with Crippen molar-refractivity contribution in [3.05, 3.63) is 72.6 Å². The number of pyridine rings is 3. The predicted molar refractivity (Wildman–Crippen MR) is 156 cm³/mol. The molecule has 5 heterocycles. The van der Waals surface area contributed by atoms with E-state index in [4.69, 9.17) is 4.98 Å². The Hall–Kier alpha value is -4.75. The molecular weight excluding hydrogens is 545 g/mol. The molecule has 0 aliphatic heterocycles. The topological polar surface area (TPSA) is 154 Å². The molecule has 0 radical (unpaired) electrons. The summed E-state index contributed by atoms with van der Waals surface area (Å²) in [5, 5.41) is 11.6. The number of sulfonamides is 1. The smallest absolute Gasteiger partial charge is 0.209 e. The van der Waals surface area contributed by atoms with Gasteiger partial charge in [-0.05, 0) is 55.8 Å². The summed E-state index contributed by atoms with van der Waals surface area (Å²) in [4.78, 5) is 21.5. The van der Waals surface area contributed by atoms with Crippen LogP contribution in [0.15, 0.2) is 61.2 Å². The number of benzene rings is 1. The minimum Gasteiger partial charge on any atom is -0.382 e. The Labute approximate surface area is 234 Å². The molecule has 4 N–H and O–H groups in total. The third-order valence-corrected chi connectivity index (χ3v) is 7.01. The van der Waals surface area contributed by atoms with Gasteiger partial charge in [-0.2, -0.15) is 5.10 Å². The van der Waals surface area contributed by atoms with Gasteiger partial charge in [0.1, 0.15) is 17.0 Å². The Bertz CT molecular complexity index is 2020. The maximum Gasteiger partial charge on any atom is 0.209 e. The quantitative estimate of drug-likeness (QED) is 0.206. The zero-order valence-corrected chi connectivity index (χ0v) is 23.2. The molecule has 0 saturated carbocycles. The summed E-state index contributed by atoms with van der Waals surface area (Å²) in [6, 6.07) is 10.4. The summed E-state index contributed by atoms with van der Waals surface area (Å²) < 4.78 is 40.0. The average Bonchev–Trinajstić information content (AvgIpc) is 3.54. The van der Waals surface area contributed by atoms with E-state index in [1.807, 2.05) is 12.1 Å². The van der Waals surface area contributed by atoms with Crippen molar-refractivity contribution in [1.82, 2.24) is 39.8 Å². The zero-order chi connectivity index (χ0) is 28.7. The van der Waals surface area contributed by atoms with Gasteiger partial charge in [-0.25, -0.2) is 27.5 Å². The van der Waals surface area contributed by atoms with E-state index in [1.54, 1.807) is 36.9 Å². The van der Waals surface area contributed by atoms with Crippen LogP contribution in [0.2, 0.25) is 0 Å². The van der Waals surface area contributed by atoms with E-state index < -0.39 is 15.8 Å². The Morgan fingerprint density at radius 2 is 1.80 bits per heavy atom. The molecule has 0 atom stereocenters. The lowest BCUT2D eigenvalue weighted by molar-refractivity contribution is 0.586. The number of nitrogens with one attached hydrogen (secondary N) is 4. The van der Waals surface area contributed by atoms with Crippen molar-refractivity contribution in [1.29, 1.82) is 0 Å². The van der Waals surface area contributed by atoms with Crippen LogP contribution in [-0.2, 0) is 16.6 Å². The minimum atomic E-state index is -3.44. The normalized spacial score (nSPS) is 12.0. The van der Waals surface area contributed by atoms with Crippen LogP contribution in [0.25, 0.3) is 56.0 Å². The highest BCUT2D eigenvalue weighted by Crippen LogP contribution is 2.32. The van der Waals surface area contributed by atoms with Crippen molar-refractivity contribution >= 4 is 37.8 Å². The number of hydrogen-bond acceptors (Lipinski definition) is 8. The lowest BCUT2D eigenvalue weighted by atomic mass is 10.1. The molecule has 11 nitrogen and oxygen atoms in total. The molecule has 208 valence electrons. The highest BCUT2D eigenvalue weighted by Gasteiger charge is 2.18. The van der Waals surface area contributed by atoms with E-state index in [9.17, 15) is 12.8 Å². The van der Waals surface area contributed by atoms with Crippen molar-refractivity contribution in [2.75, 3.05) is 11.6 Å². The van der Waals surface area contributed by atoms with E-state index in [0.29, 0.717) is 45.0 Å². The fourth-order valence-corrected chi connectivity index (χ4v) is 5.04. The number of anilines is 1. The molecule has 41 heavy (non-hydrogen) atoms. The first-order valence-corrected chi connectivity index (χ1v) is 14.7. The molecule has 1 aromatic carbocycles. The van der Waals surface area contributed by atoms with Crippen LogP contribution < -0.4 is 10.0 Å². The van der Waals surface area contributed by atoms with Gasteiger partial charge in [0.15, 0.2) is 11.5 Å². The fourth-order valence-electron chi connectivity index (χ4n) is 4.61. The maximum atomic E-state index is 14.5. The second kappa shape index (κ2) is 10.3. The number of aromatic nitrogens is 7. The number of nitrogens with zero attached hydrogens (tertiary/aromatic N) is 5. The average molecular weight is 572 g/mol. The maximum absolute atomic E-state index is 14.5. The first-order chi connectivity index (χ1) is 19.6. The Balaban J connectivity index is 1.40. The summed E-state index contributed by atoms with van der Waals surface area (Å²) in [6.45, 7) is 4.08. The summed E-state index contributed by atoms with van der Waals surface area (Å²) in [6.07, 6.45) is 7.98. The van der Waals surface area contributed by atoms with Gasteiger partial charge in [0.25, 0.3) is 0 Å². The van der Waals surface area contributed by atoms with Crippen molar-refractivity contribution in [2.45, 2.75) is 26.4 Å². The number of halogens is 1.